The Hall–Kier alpha value is -0.440. The van der Waals surface area contributed by atoms with Gasteiger partial charge in [-0.1, -0.05) is 40.2 Å². The van der Waals surface area contributed by atoms with Crippen LogP contribution in [-0.4, -0.2) is 23.1 Å². The Bertz CT molecular complexity index is 314. The van der Waals surface area contributed by atoms with Crippen LogP contribution in [0.1, 0.15) is 53.4 Å². The van der Waals surface area contributed by atoms with Gasteiger partial charge in [0.25, 0.3) is 0 Å². The van der Waals surface area contributed by atoms with Gasteiger partial charge in [0.2, 0.25) is 0 Å². The van der Waals surface area contributed by atoms with Crippen LogP contribution in [0.2, 0.25) is 0 Å². The number of esters is 1. The minimum Gasteiger partial charge on any atom is -0.461 e. The third-order valence-electron chi connectivity index (χ3n) is 4.24. The number of hydrogen-bond donors (Lipinski definition) is 0. The van der Waals surface area contributed by atoms with Crippen LogP contribution in [0.4, 0.5) is 0 Å². The highest BCUT2D eigenvalue weighted by atomic mass is 32.2. The Morgan fingerprint density at radius 1 is 1.45 bits per heavy atom. The molecule has 20 heavy (non-hydrogen) atoms. The molecule has 3 heteroatoms. The lowest BCUT2D eigenvalue weighted by Crippen LogP contribution is -2.37. The first kappa shape index (κ1) is 17.6. The molecule has 116 valence electrons. The van der Waals surface area contributed by atoms with E-state index in [1.165, 1.54) is 12.8 Å². The molecule has 0 amide bonds. The molecule has 4 atom stereocenters. The lowest BCUT2D eigenvalue weighted by Gasteiger charge is -2.37. The van der Waals surface area contributed by atoms with Gasteiger partial charge in [0, 0.05) is 0 Å². The summed E-state index contributed by atoms with van der Waals surface area (Å²) in [6, 6.07) is 0. The van der Waals surface area contributed by atoms with Gasteiger partial charge in [-0.2, -0.15) is 0 Å². The molecule has 0 radical (unpaired) electrons. The van der Waals surface area contributed by atoms with Crippen LogP contribution < -0.4 is 0 Å². The van der Waals surface area contributed by atoms with E-state index in [4.69, 9.17) is 4.74 Å². The smallest absolute Gasteiger partial charge is 0.319 e. The van der Waals surface area contributed by atoms with E-state index in [-0.39, 0.29) is 17.3 Å². The van der Waals surface area contributed by atoms with E-state index in [1.807, 2.05) is 6.08 Å². The zero-order valence-electron chi connectivity index (χ0n) is 13.4. The van der Waals surface area contributed by atoms with E-state index in [9.17, 15) is 4.79 Å². The minimum atomic E-state index is -0.0810. The molecular formula is C17H30O2S. The van der Waals surface area contributed by atoms with Crippen LogP contribution in [0.5, 0.6) is 0 Å². The van der Waals surface area contributed by atoms with Crippen molar-refractivity contribution in [3.05, 3.63) is 12.7 Å². The maximum absolute atomic E-state index is 12.4. The summed E-state index contributed by atoms with van der Waals surface area (Å²) in [7, 11) is 0. The van der Waals surface area contributed by atoms with E-state index < -0.39 is 0 Å². The summed E-state index contributed by atoms with van der Waals surface area (Å²) in [6.07, 6.45) is 6.09. The predicted molar refractivity (Wildman–Crippen MR) is 88.0 cm³/mol. The van der Waals surface area contributed by atoms with Crippen LogP contribution in [-0.2, 0) is 9.53 Å². The first-order valence-electron chi connectivity index (χ1n) is 7.92. The molecule has 0 aromatic heterocycles. The van der Waals surface area contributed by atoms with Crippen LogP contribution in [0.15, 0.2) is 12.7 Å². The fourth-order valence-electron chi connectivity index (χ4n) is 3.06. The van der Waals surface area contributed by atoms with Crippen LogP contribution in [0.25, 0.3) is 0 Å². The second-order valence-electron chi connectivity index (χ2n) is 6.27. The van der Waals surface area contributed by atoms with E-state index >= 15 is 0 Å². The first-order chi connectivity index (χ1) is 9.49. The standard InChI is InChI=1S/C17H30O2S/c1-6-8-16(20-7-2)17(18)19-15-11-13(5)9-10-14(15)12(3)4/h6,12-16H,1,7-11H2,2-5H3/t13-,14+,15-,16?/m0/s1. The molecule has 1 aliphatic carbocycles. The number of hydrogen-bond acceptors (Lipinski definition) is 3. The summed E-state index contributed by atoms with van der Waals surface area (Å²) in [5.74, 6) is 2.66. The van der Waals surface area contributed by atoms with Gasteiger partial charge in [-0.3, -0.25) is 4.79 Å². The minimum absolute atomic E-state index is 0.0403. The molecule has 0 bridgehead atoms. The molecule has 0 heterocycles. The number of rotatable bonds is 7. The van der Waals surface area contributed by atoms with Crippen molar-refractivity contribution < 1.29 is 9.53 Å². The molecule has 0 aromatic rings. The molecule has 1 unspecified atom stereocenters. The van der Waals surface area contributed by atoms with E-state index in [0.717, 1.165) is 12.2 Å². The summed E-state index contributed by atoms with van der Waals surface area (Å²) < 4.78 is 5.90. The molecule has 2 nitrogen and oxygen atoms in total. The Morgan fingerprint density at radius 2 is 2.15 bits per heavy atom. The molecular weight excluding hydrogens is 268 g/mol. The summed E-state index contributed by atoms with van der Waals surface area (Å²) >= 11 is 1.66. The van der Waals surface area contributed by atoms with Gasteiger partial charge in [-0.05, 0) is 42.8 Å². The summed E-state index contributed by atoms with van der Waals surface area (Å²) in [5.41, 5.74) is 0. The van der Waals surface area contributed by atoms with Crippen molar-refractivity contribution in [2.45, 2.75) is 64.7 Å². The lowest BCUT2D eigenvalue weighted by molar-refractivity contribution is -0.155. The highest BCUT2D eigenvalue weighted by Crippen LogP contribution is 2.36. The van der Waals surface area contributed by atoms with Crippen molar-refractivity contribution >= 4 is 17.7 Å². The monoisotopic (exact) mass is 298 g/mol. The second-order valence-corrected chi connectivity index (χ2v) is 7.75. The third-order valence-corrected chi connectivity index (χ3v) is 5.36. The molecule has 0 spiro atoms. The van der Waals surface area contributed by atoms with Crippen molar-refractivity contribution in [2.24, 2.45) is 17.8 Å². The van der Waals surface area contributed by atoms with Gasteiger partial charge in [-0.15, -0.1) is 18.3 Å². The fraction of sp³-hybridized carbons (Fsp3) is 0.824. The fourth-order valence-corrected chi connectivity index (χ4v) is 3.93. The average Bonchev–Trinajstić information content (AvgIpc) is 2.38. The zero-order chi connectivity index (χ0) is 15.1. The number of carbonyl (C=O) groups excluding carboxylic acids is 1. The SMILES string of the molecule is C=CCC(SCC)C(=O)O[C@H]1C[C@@H](C)CC[C@@H]1C(C)C. The van der Waals surface area contributed by atoms with Gasteiger partial charge in [-0.25, -0.2) is 0 Å². The van der Waals surface area contributed by atoms with Crippen LogP contribution in [0, 0.1) is 17.8 Å². The van der Waals surface area contributed by atoms with Crippen molar-refractivity contribution in [3.8, 4) is 0 Å². The van der Waals surface area contributed by atoms with Gasteiger partial charge in [0.1, 0.15) is 11.4 Å². The van der Waals surface area contributed by atoms with Crippen LogP contribution in [0.3, 0.4) is 0 Å². The molecule has 1 rings (SSSR count). The summed E-state index contributed by atoms with van der Waals surface area (Å²) in [4.78, 5) is 12.4. The van der Waals surface area contributed by atoms with Crippen molar-refractivity contribution in [1.29, 1.82) is 0 Å². The third kappa shape index (κ3) is 5.16. The first-order valence-corrected chi connectivity index (χ1v) is 8.97. The molecule has 1 aliphatic rings. The number of carbonyl (C=O) groups is 1. The highest BCUT2D eigenvalue weighted by molar-refractivity contribution is 8.00. The lowest BCUT2D eigenvalue weighted by atomic mass is 9.75. The van der Waals surface area contributed by atoms with E-state index in [0.29, 0.717) is 24.2 Å². The van der Waals surface area contributed by atoms with E-state index in [2.05, 4.69) is 34.3 Å². The molecule has 1 saturated carbocycles. The molecule has 0 aliphatic heterocycles. The Balaban J connectivity index is 2.65. The van der Waals surface area contributed by atoms with Crippen molar-refractivity contribution in [3.63, 3.8) is 0 Å². The largest absolute Gasteiger partial charge is 0.461 e. The summed E-state index contributed by atoms with van der Waals surface area (Å²) in [5, 5.41) is -0.0810. The topological polar surface area (TPSA) is 26.3 Å². The maximum atomic E-state index is 12.4. The molecule has 1 fully saturated rings. The Kier molecular flexibility index (Phi) is 7.71. The quantitative estimate of drug-likeness (QED) is 0.504. The number of thioether (sulfide) groups is 1. The van der Waals surface area contributed by atoms with Gasteiger partial charge >= 0.3 is 5.97 Å². The van der Waals surface area contributed by atoms with Crippen molar-refractivity contribution in [1.82, 2.24) is 0 Å². The molecule has 0 N–H and O–H groups in total. The normalized spacial score (nSPS) is 28.1. The Morgan fingerprint density at radius 3 is 2.70 bits per heavy atom. The molecule has 0 aromatic carbocycles. The zero-order valence-corrected chi connectivity index (χ0v) is 14.2. The molecule has 0 saturated heterocycles. The number of ether oxygens (including phenoxy) is 1. The van der Waals surface area contributed by atoms with Gasteiger partial charge in [0.15, 0.2) is 0 Å². The Labute approximate surface area is 128 Å². The number of allylic oxidation sites excluding steroid dienone is 1. The van der Waals surface area contributed by atoms with Crippen LogP contribution >= 0.6 is 11.8 Å². The van der Waals surface area contributed by atoms with Crippen molar-refractivity contribution in [2.75, 3.05) is 5.75 Å². The maximum Gasteiger partial charge on any atom is 0.319 e. The predicted octanol–water partition coefficient (Wildman–Crippen LogP) is 4.69. The van der Waals surface area contributed by atoms with E-state index in [1.54, 1.807) is 11.8 Å². The highest BCUT2D eigenvalue weighted by Gasteiger charge is 2.34. The summed E-state index contributed by atoms with van der Waals surface area (Å²) in [6.45, 7) is 12.6. The average molecular weight is 298 g/mol. The second kappa shape index (κ2) is 8.76. The van der Waals surface area contributed by atoms with Gasteiger partial charge in [0.05, 0.1) is 0 Å². The van der Waals surface area contributed by atoms with Gasteiger partial charge < -0.3 is 4.74 Å².